The molecule has 0 bridgehead atoms. The van der Waals surface area contributed by atoms with Gasteiger partial charge in [-0.25, -0.2) is 9.59 Å². The number of carbonyl (C=O) groups is 2. The lowest BCUT2D eigenvalue weighted by atomic mass is 9.80. The van der Waals surface area contributed by atoms with Crippen LogP contribution in [0.4, 0.5) is 0 Å². The van der Waals surface area contributed by atoms with E-state index in [2.05, 4.69) is 5.32 Å². The van der Waals surface area contributed by atoms with Crippen LogP contribution in [0.15, 0.2) is 40.7 Å². The van der Waals surface area contributed by atoms with E-state index >= 15 is 0 Å². The van der Waals surface area contributed by atoms with Crippen LogP contribution in [0.25, 0.3) is 0 Å². The Morgan fingerprint density at radius 1 is 0.967 bits per heavy atom. The number of ether oxygens (including phenoxy) is 4. The predicted molar refractivity (Wildman–Crippen MR) is 113 cm³/mol. The highest BCUT2D eigenvalue weighted by atomic mass is 16.5. The van der Waals surface area contributed by atoms with Gasteiger partial charge in [-0.05, 0) is 59.2 Å². The van der Waals surface area contributed by atoms with Crippen LogP contribution in [-0.2, 0) is 19.1 Å². The van der Waals surface area contributed by atoms with E-state index in [-0.39, 0.29) is 19.3 Å². The molecule has 0 spiro atoms. The summed E-state index contributed by atoms with van der Waals surface area (Å²) in [7, 11) is 1.55. The van der Waals surface area contributed by atoms with Crippen molar-refractivity contribution in [3.63, 3.8) is 0 Å². The van der Waals surface area contributed by atoms with Gasteiger partial charge in [-0.15, -0.1) is 0 Å². The highest BCUT2D eigenvalue weighted by molar-refractivity contribution is 6.00. The summed E-state index contributed by atoms with van der Waals surface area (Å²) in [5.74, 6) is -0.527. The Morgan fingerprint density at radius 2 is 1.50 bits per heavy atom. The number of hydrogen-bond acceptors (Lipinski definition) is 7. The SMILES string of the molecule is CCOC(=O)C1=C(C)NC(C)=C(C(=O)OCC)C1c1ccc(OC(C)C)c(OC)c1. The first-order chi connectivity index (χ1) is 14.2. The molecule has 1 aromatic rings. The van der Waals surface area contributed by atoms with Gasteiger partial charge in [0, 0.05) is 11.4 Å². The van der Waals surface area contributed by atoms with Crippen LogP contribution < -0.4 is 14.8 Å². The Labute approximate surface area is 178 Å². The number of hydrogen-bond donors (Lipinski definition) is 1. The topological polar surface area (TPSA) is 83.1 Å². The van der Waals surface area contributed by atoms with Gasteiger partial charge in [0.1, 0.15) is 0 Å². The van der Waals surface area contributed by atoms with Crippen LogP contribution >= 0.6 is 0 Å². The van der Waals surface area contributed by atoms with E-state index < -0.39 is 17.9 Å². The lowest BCUT2D eigenvalue weighted by Crippen LogP contribution is -2.32. The molecule has 1 aliphatic heterocycles. The maximum atomic E-state index is 12.8. The molecule has 1 aromatic carbocycles. The zero-order valence-electron chi connectivity index (χ0n) is 18.8. The van der Waals surface area contributed by atoms with Gasteiger partial charge in [0.15, 0.2) is 11.5 Å². The molecule has 0 saturated carbocycles. The van der Waals surface area contributed by atoms with E-state index in [1.54, 1.807) is 46.9 Å². The highest BCUT2D eigenvalue weighted by Gasteiger charge is 2.38. The largest absolute Gasteiger partial charge is 0.493 e. The van der Waals surface area contributed by atoms with Crippen molar-refractivity contribution in [3.8, 4) is 11.5 Å². The van der Waals surface area contributed by atoms with Crippen molar-refractivity contribution in [3.05, 3.63) is 46.3 Å². The van der Waals surface area contributed by atoms with Crippen molar-refractivity contribution in [2.75, 3.05) is 20.3 Å². The average molecular weight is 418 g/mol. The Bertz CT molecular complexity index is 828. The molecule has 0 unspecified atom stereocenters. The van der Waals surface area contributed by atoms with E-state index in [9.17, 15) is 9.59 Å². The first kappa shape index (κ1) is 23.3. The average Bonchev–Trinajstić information content (AvgIpc) is 2.67. The smallest absolute Gasteiger partial charge is 0.336 e. The van der Waals surface area contributed by atoms with Crippen LogP contribution in [0.5, 0.6) is 11.5 Å². The minimum Gasteiger partial charge on any atom is -0.493 e. The summed E-state index contributed by atoms with van der Waals surface area (Å²) in [4.78, 5) is 25.7. The number of dihydropyridines is 1. The number of carbonyl (C=O) groups excluding carboxylic acids is 2. The standard InChI is InChI=1S/C23H31NO6/c1-8-28-22(25)19-14(5)24-15(6)20(23(26)29-9-2)21(19)16-10-11-17(30-13(3)4)18(12-16)27-7/h10-13,21,24H,8-9H2,1-7H3. The third-order valence-electron chi connectivity index (χ3n) is 4.63. The van der Waals surface area contributed by atoms with Gasteiger partial charge in [0.25, 0.3) is 0 Å². The van der Waals surface area contributed by atoms with Gasteiger partial charge in [0.05, 0.1) is 43.5 Å². The normalized spacial score (nSPS) is 14.5. The van der Waals surface area contributed by atoms with E-state index in [0.29, 0.717) is 39.6 Å². The lowest BCUT2D eigenvalue weighted by Gasteiger charge is -2.30. The van der Waals surface area contributed by atoms with Crippen molar-refractivity contribution in [2.24, 2.45) is 0 Å². The Balaban J connectivity index is 2.67. The molecule has 1 N–H and O–H groups in total. The molecular weight excluding hydrogens is 386 g/mol. The van der Waals surface area contributed by atoms with Gasteiger partial charge in [0.2, 0.25) is 0 Å². The molecule has 0 atom stereocenters. The molecular formula is C23H31NO6. The third-order valence-corrected chi connectivity index (χ3v) is 4.63. The molecule has 1 aliphatic rings. The van der Waals surface area contributed by atoms with E-state index in [1.165, 1.54) is 0 Å². The van der Waals surface area contributed by atoms with Gasteiger partial charge < -0.3 is 24.3 Å². The Morgan fingerprint density at radius 3 is 1.93 bits per heavy atom. The van der Waals surface area contributed by atoms with E-state index in [1.807, 2.05) is 19.9 Å². The first-order valence-corrected chi connectivity index (χ1v) is 10.1. The third kappa shape index (κ3) is 4.96. The predicted octanol–water partition coefficient (Wildman–Crippen LogP) is 3.84. The zero-order valence-corrected chi connectivity index (χ0v) is 18.8. The molecule has 7 nitrogen and oxygen atoms in total. The second kappa shape index (κ2) is 10.2. The van der Waals surface area contributed by atoms with Crippen LogP contribution in [0.1, 0.15) is 53.0 Å². The summed E-state index contributed by atoms with van der Waals surface area (Å²) in [5.41, 5.74) is 2.69. The van der Waals surface area contributed by atoms with Crippen molar-refractivity contribution < 1.29 is 28.5 Å². The molecule has 0 saturated heterocycles. The van der Waals surface area contributed by atoms with Crippen molar-refractivity contribution >= 4 is 11.9 Å². The molecule has 2 rings (SSSR count). The molecule has 30 heavy (non-hydrogen) atoms. The number of nitrogens with one attached hydrogen (secondary N) is 1. The van der Waals surface area contributed by atoms with Crippen LogP contribution in [0, 0.1) is 0 Å². The second-order valence-electron chi connectivity index (χ2n) is 7.15. The molecule has 0 fully saturated rings. The van der Waals surface area contributed by atoms with Gasteiger partial charge >= 0.3 is 11.9 Å². The molecule has 0 radical (unpaired) electrons. The fourth-order valence-electron chi connectivity index (χ4n) is 3.50. The van der Waals surface area contributed by atoms with Crippen molar-refractivity contribution in [1.82, 2.24) is 5.32 Å². The minimum atomic E-state index is -0.661. The Kier molecular flexibility index (Phi) is 7.92. The summed E-state index contributed by atoms with van der Waals surface area (Å²) in [6.45, 7) is 11.4. The van der Waals surface area contributed by atoms with Crippen LogP contribution in [-0.4, -0.2) is 38.4 Å². The first-order valence-electron chi connectivity index (χ1n) is 10.1. The molecule has 0 amide bonds. The maximum Gasteiger partial charge on any atom is 0.336 e. The summed E-state index contributed by atoms with van der Waals surface area (Å²) in [5, 5.41) is 3.13. The summed E-state index contributed by atoms with van der Waals surface area (Å²) in [6, 6.07) is 5.40. The fraction of sp³-hybridized carbons (Fsp3) is 0.478. The summed E-state index contributed by atoms with van der Waals surface area (Å²) < 4.78 is 21.9. The number of rotatable bonds is 8. The molecule has 0 aromatic heterocycles. The molecule has 1 heterocycles. The zero-order chi connectivity index (χ0) is 22.4. The van der Waals surface area contributed by atoms with Crippen LogP contribution in [0.3, 0.4) is 0 Å². The van der Waals surface area contributed by atoms with Crippen molar-refractivity contribution in [1.29, 1.82) is 0 Å². The molecule has 0 aliphatic carbocycles. The molecule has 164 valence electrons. The van der Waals surface area contributed by atoms with Gasteiger partial charge in [-0.1, -0.05) is 6.07 Å². The second-order valence-corrected chi connectivity index (χ2v) is 7.15. The number of methoxy groups -OCH3 is 1. The maximum absolute atomic E-state index is 12.8. The van der Waals surface area contributed by atoms with Gasteiger partial charge in [-0.3, -0.25) is 0 Å². The Hall–Kier alpha value is -2.96. The number of allylic oxidation sites excluding steroid dienone is 2. The van der Waals surface area contributed by atoms with E-state index in [4.69, 9.17) is 18.9 Å². The number of benzene rings is 1. The van der Waals surface area contributed by atoms with Crippen molar-refractivity contribution in [2.45, 2.75) is 53.6 Å². The highest BCUT2D eigenvalue weighted by Crippen LogP contribution is 2.42. The number of esters is 2. The van der Waals surface area contributed by atoms with Crippen LogP contribution in [0.2, 0.25) is 0 Å². The summed E-state index contributed by atoms with van der Waals surface area (Å²) >= 11 is 0. The minimum absolute atomic E-state index is 0.0295. The van der Waals surface area contributed by atoms with Gasteiger partial charge in [-0.2, -0.15) is 0 Å². The lowest BCUT2D eigenvalue weighted by molar-refractivity contribution is -0.139. The monoisotopic (exact) mass is 417 g/mol. The van der Waals surface area contributed by atoms with E-state index in [0.717, 1.165) is 0 Å². The molecule has 7 heteroatoms. The fourth-order valence-corrected chi connectivity index (χ4v) is 3.50. The quantitative estimate of drug-likeness (QED) is 0.644. The summed E-state index contributed by atoms with van der Waals surface area (Å²) in [6.07, 6.45) is -0.0295.